The van der Waals surface area contributed by atoms with E-state index in [4.69, 9.17) is 17.2 Å². The van der Waals surface area contributed by atoms with E-state index in [0.717, 1.165) is 36.5 Å². The molecule has 5 heterocycles. The first-order valence-electron chi connectivity index (χ1n) is 10.9. The number of carbonyl (C=O) groups is 1. The fourth-order valence-electron chi connectivity index (χ4n) is 4.09. The van der Waals surface area contributed by atoms with Crippen LogP contribution in [0.5, 0.6) is 0 Å². The molecule has 5 rings (SSSR count). The van der Waals surface area contributed by atoms with Gasteiger partial charge in [-0.25, -0.2) is 4.98 Å². The van der Waals surface area contributed by atoms with Gasteiger partial charge < -0.3 is 14.6 Å². The van der Waals surface area contributed by atoms with Crippen molar-refractivity contribution < 1.29 is 9.21 Å². The van der Waals surface area contributed by atoms with Gasteiger partial charge in [-0.15, -0.1) is 0 Å². The van der Waals surface area contributed by atoms with Gasteiger partial charge in [0.15, 0.2) is 5.65 Å². The average Bonchev–Trinajstić information content (AvgIpc) is 3.52. The van der Waals surface area contributed by atoms with Crippen molar-refractivity contribution in [1.82, 2.24) is 24.5 Å². The number of carbonyl (C=O) groups excluding carboxylic acids is 1. The van der Waals surface area contributed by atoms with Crippen LogP contribution in [-0.4, -0.2) is 51.3 Å². The molecule has 1 aliphatic rings. The SMILES string of the molecule is [B]c1cnn2c(NCc3cccnc3)cc(C3CCCN(C(=O)/C=C/c4ccco4)C3)nc12. The van der Waals surface area contributed by atoms with E-state index < -0.39 is 0 Å². The van der Waals surface area contributed by atoms with Crippen molar-refractivity contribution in [2.24, 2.45) is 0 Å². The Balaban J connectivity index is 1.37. The molecule has 0 saturated carbocycles. The summed E-state index contributed by atoms with van der Waals surface area (Å²) in [5, 5.41) is 7.81. The second-order valence-corrected chi connectivity index (χ2v) is 8.09. The van der Waals surface area contributed by atoms with Crippen LogP contribution in [0, 0.1) is 0 Å². The van der Waals surface area contributed by atoms with E-state index in [2.05, 4.69) is 15.4 Å². The minimum absolute atomic E-state index is 0.0315. The number of aromatic nitrogens is 4. The summed E-state index contributed by atoms with van der Waals surface area (Å²) in [4.78, 5) is 23.6. The second-order valence-electron chi connectivity index (χ2n) is 8.09. The molecular weight excluding hydrogens is 415 g/mol. The number of nitrogens with one attached hydrogen (secondary N) is 1. The number of piperidine rings is 1. The smallest absolute Gasteiger partial charge is 0.246 e. The monoisotopic (exact) mass is 438 g/mol. The topological polar surface area (TPSA) is 88.6 Å². The van der Waals surface area contributed by atoms with Crippen molar-refractivity contribution in [3.05, 3.63) is 78.3 Å². The van der Waals surface area contributed by atoms with Crippen LogP contribution in [0.2, 0.25) is 0 Å². The summed E-state index contributed by atoms with van der Waals surface area (Å²) in [5.74, 6) is 1.54. The van der Waals surface area contributed by atoms with Crippen LogP contribution >= 0.6 is 0 Å². The predicted octanol–water partition coefficient (Wildman–Crippen LogP) is 2.54. The fraction of sp³-hybridized carbons (Fsp3) is 0.250. The number of hydrogen-bond acceptors (Lipinski definition) is 6. The number of furan rings is 1. The maximum Gasteiger partial charge on any atom is 0.246 e. The summed E-state index contributed by atoms with van der Waals surface area (Å²) >= 11 is 0. The van der Waals surface area contributed by atoms with E-state index >= 15 is 0 Å². The molecule has 1 saturated heterocycles. The number of rotatable bonds is 6. The van der Waals surface area contributed by atoms with E-state index in [1.165, 1.54) is 0 Å². The Morgan fingerprint density at radius 3 is 3.06 bits per heavy atom. The standard InChI is InChI=1S/C24H23BN6O2/c25-20-15-28-31-22(27-14-17-4-1-9-26-13-17)12-21(29-24(20)31)18-5-2-10-30(16-18)23(32)8-7-19-6-3-11-33-19/h1,3-4,6-9,11-13,15,18,27H,2,5,10,14,16H2/b8-7+. The van der Waals surface area contributed by atoms with Crippen LogP contribution in [0.3, 0.4) is 0 Å². The fourth-order valence-corrected chi connectivity index (χ4v) is 4.09. The summed E-state index contributed by atoms with van der Waals surface area (Å²) < 4.78 is 6.99. The molecular formula is C24H23BN6O2. The first-order chi connectivity index (χ1) is 16.2. The van der Waals surface area contributed by atoms with Crippen LogP contribution < -0.4 is 10.8 Å². The van der Waals surface area contributed by atoms with Crippen LogP contribution in [0.25, 0.3) is 11.7 Å². The molecule has 4 aromatic heterocycles. The molecule has 1 N–H and O–H groups in total. The Morgan fingerprint density at radius 1 is 1.30 bits per heavy atom. The second kappa shape index (κ2) is 9.32. The van der Waals surface area contributed by atoms with Crippen molar-refractivity contribution in [1.29, 1.82) is 0 Å². The van der Waals surface area contributed by atoms with E-state index in [1.54, 1.807) is 41.4 Å². The van der Waals surface area contributed by atoms with Crippen molar-refractivity contribution in [3.63, 3.8) is 0 Å². The minimum atomic E-state index is -0.0315. The molecule has 1 aliphatic heterocycles. The van der Waals surface area contributed by atoms with E-state index in [-0.39, 0.29) is 11.8 Å². The van der Waals surface area contributed by atoms with Gasteiger partial charge in [-0.3, -0.25) is 9.78 Å². The summed E-state index contributed by atoms with van der Waals surface area (Å²) in [7, 11) is 6.15. The normalized spacial score (nSPS) is 16.5. The lowest BCUT2D eigenvalue weighted by molar-refractivity contribution is -0.127. The summed E-state index contributed by atoms with van der Waals surface area (Å²) in [5.41, 5.74) is 3.09. The number of fused-ring (bicyclic) bond motifs is 1. The van der Waals surface area contributed by atoms with Crippen LogP contribution in [0.15, 0.2) is 65.7 Å². The Labute approximate surface area is 192 Å². The maximum atomic E-state index is 12.7. The van der Waals surface area contributed by atoms with Gasteiger partial charge in [0, 0.05) is 56.3 Å². The van der Waals surface area contributed by atoms with Crippen molar-refractivity contribution in [3.8, 4) is 0 Å². The molecule has 1 fully saturated rings. The minimum Gasteiger partial charge on any atom is -0.465 e. The predicted molar refractivity (Wildman–Crippen MR) is 126 cm³/mol. The van der Waals surface area contributed by atoms with Gasteiger partial charge in [-0.05, 0) is 48.1 Å². The van der Waals surface area contributed by atoms with Crippen LogP contribution in [-0.2, 0) is 11.3 Å². The molecule has 9 heteroatoms. The molecule has 1 unspecified atom stereocenters. The zero-order valence-corrected chi connectivity index (χ0v) is 18.1. The van der Waals surface area contributed by atoms with Crippen molar-refractivity contribution in [2.45, 2.75) is 25.3 Å². The highest BCUT2D eigenvalue weighted by Crippen LogP contribution is 2.28. The molecule has 2 radical (unpaired) electrons. The van der Waals surface area contributed by atoms with Gasteiger partial charge in [0.25, 0.3) is 0 Å². The molecule has 33 heavy (non-hydrogen) atoms. The Hall–Kier alpha value is -3.88. The highest BCUT2D eigenvalue weighted by Gasteiger charge is 2.26. The summed E-state index contributed by atoms with van der Waals surface area (Å²) in [6.07, 6.45) is 11.9. The molecule has 4 aromatic rings. The van der Waals surface area contributed by atoms with E-state index in [9.17, 15) is 4.79 Å². The van der Waals surface area contributed by atoms with E-state index in [1.807, 2.05) is 35.4 Å². The van der Waals surface area contributed by atoms with Crippen LogP contribution in [0.4, 0.5) is 5.82 Å². The van der Waals surface area contributed by atoms with Gasteiger partial charge in [0.2, 0.25) is 5.91 Å². The summed E-state index contributed by atoms with van der Waals surface area (Å²) in [6.45, 7) is 1.92. The largest absolute Gasteiger partial charge is 0.465 e. The molecule has 1 atom stereocenters. The third kappa shape index (κ3) is 4.67. The van der Waals surface area contributed by atoms with Crippen molar-refractivity contribution in [2.75, 3.05) is 18.4 Å². The Kier molecular flexibility index (Phi) is 5.93. The molecule has 1 amide bonds. The molecule has 0 aliphatic carbocycles. The average molecular weight is 438 g/mol. The third-order valence-electron chi connectivity index (χ3n) is 5.80. The Morgan fingerprint density at radius 2 is 2.24 bits per heavy atom. The molecule has 164 valence electrons. The number of hydrogen-bond donors (Lipinski definition) is 1. The first-order valence-corrected chi connectivity index (χ1v) is 10.9. The number of anilines is 1. The number of likely N-dealkylation sites (tertiary alicyclic amines) is 1. The zero-order valence-electron chi connectivity index (χ0n) is 18.1. The maximum absolute atomic E-state index is 12.7. The van der Waals surface area contributed by atoms with Gasteiger partial charge in [0.1, 0.15) is 19.4 Å². The Bertz CT molecular complexity index is 1270. The molecule has 8 nitrogen and oxygen atoms in total. The highest BCUT2D eigenvalue weighted by molar-refractivity contribution is 6.36. The first kappa shape index (κ1) is 21.0. The third-order valence-corrected chi connectivity index (χ3v) is 5.80. The quantitative estimate of drug-likeness (QED) is 0.368. The molecule has 0 bridgehead atoms. The zero-order chi connectivity index (χ0) is 22.6. The van der Waals surface area contributed by atoms with Crippen LogP contribution in [0.1, 0.15) is 35.8 Å². The van der Waals surface area contributed by atoms with Gasteiger partial charge in [0.05, 0.1) is 12.0 Å². The lowest BCUT2D eigenvalue weighted by Crippen LogP contribution is -2.38. The highest BCUT2D eigenvalue weighted by atomic mass is 16.3. The molecule has 0 spiro atoms. The van der Waals surface area contributed by atoms with Crippen molar-refractivity contribution >= 4 is 36.8 Å². The molecule has 0 aromatic carbocycles. The summed E-state index contributed by atoms with van der Waals surface area (Å²) in [6, 6.07) is 9.54. The van der Waals surface area contributed by atoms with Gasteiger partial charge in [-0.2, -0.15) is 9.61 Å². The lowest BCUT2D eigenvalue weighted by atomic mass is 9.93. The number of pyridine rings is 1. The van der Waals surface area contributed by atoms with E-state index in [0.29, 0.717) is 30.0 Å². The van der Waals surface area contributed by atoms with Gasteiger partial charge >= 0.3 is 0 Å². The lowest BCUT2D eigenvalue weighted by Gasteiger charge is -2.32. The number of amides is 1. The number of nitrogens with zero attached hydrogens (tertiary/aromatic N) is 5. The van der Waals surface area contributed by atoms with Gasteiger partial charge in [-0.1, -0.05) is 6.07 Å².